The summed E-state index contributed by atoms with van der Waals surface area (Å²) >= 11 is 0. The summed E-state index contributed by atoms with van der Waals surface area (Å²) in [5, 5.41) is 8.85. The van der Waals surface area contributed by atoms with Gasteiger partial charge in [0, 0.05) is 18.8 Å². The lowest BCUT2D eigenvalue weighted by Gasteiger charge is -2.33. The van der Waals surface area contributed by atoms with Crippen LogP contribution in [0.5, 0.6) is 0 Å². The molecule has 0 bridgehead atoms. The maximum absolute atomic E-state index is 8.85. The highest BCUT2D eigenvalue weighted by atomic mass is 16.5. The summed E-state index contributed by atoms with van der Waals surface area (Å²) < 4.78 is 6.02. The average molecular weight is 292 g/mol. The van der Waals surface area contributed by atoms with Crippen LogP contribution in [-0.2, 0) is 11.3 Å². The van der Waals surface area contributed by atoms with Gasteiger partial charge in [-0.15, -0.1) is 0 Å². The first-order valence-corrected chi connectivity index (χ1v) is 7.76. The molecular weight excluding hydrogens is 272 g/mol. The normalized spacial score (nSPS) is 15.5. The van der Waals surface area contributed by atoms with E-state index in [4.69, 9.17) is 10.00 Å². The van der Waals surface area contributed by atoms with Crippen molar-refractivity contribution in [1.82, 2.24) is 0 Å². The number of nitriles is 1. The minimum atomic E-state index is 0.342. The van der Waals surface area contributed by atoms with Crippen LogP contribution >= 0.6 is 0 Å². The Morgan fingerprint density at radius 3 is 2.32 bits per heavy atom. The molecule has 0 spiro atoms. The number of benzene rings is 2. The van der Waals surface area contributed by atoms with Crippen molar-refractivity contribution in [3.05, 3.63) is 65.7 Å². The Labute approximate surface area is 131 Å². The quantitative estimate of drug-likeness (QED) is 0.861. The van der Waals surface area contributed by atoms with E-state index in [0.717, 1.165) is 25.9 Å². The number of ether oxygens (including phenoxy) is 1. The van der Waals surface area contributed by atoms with Crippen LogP contribution in [0.15, 0.2) is 54.6 Å². The Kier molecular flexibility index (Phi) is 4.72. The first-order chi connectivity index (χ1) is 10.8. The van der Waals surface area contributed by atoms with E-state index in [0.29, 0.717) is 18.3 Å². The van der Waals surface area contributed by atoms with Crippen LogP contribution in [0.4, 0.5) is 5.69 Å². The highest BCUT2D eigenvalue weighted by Crippen LogP contribution is 2.22. The Morgan fingerprint density at radius 1 is 1.00 bits per heavy atom. The van der Waals surface area contributed by atoms with Crippen LogP contribution in [0.3, 0.4) is 0 Å². The summed E-state index contributed by atoms with van der Waals surface area (Å²) in [7, 11) is 0. The zero-order chi connectivity index (χ0) is 15.2. The van der Waals surface area contributed by atoms with Gasteiger partial charge in [0.25, 0.3) is 0 Å². The van der Waals surface area contributed by atoms with Crippen molar-refractivity contribution in [2.24, 2.45) is 0 Å². The van der Waals surface area contributed by atoms with E-state index in [-0.39, 0.29) is 0 Å². The van der Waals surface area contributed by atoms with E-state index in [1.165, 1.54) is 11.3 Å². The van der Waals surface area contributed by atoms with Crippen LogP contribution in [0.1, 0.15) is 24.0 Å². The number of nitrogens with zero attached hydrogens (tertiary/aromatic N) is 2. The smallest absolute Gasteiger partial charge is 0.0991 e. The first kappa shape index (κ1) is 14.6. The third-order valence-electron chi connectivity index (χ3n) is 4.13. The summed E-state index contributed by atoms with van der Waals surface area (Å²) in [6, 6.07) is 20.3. The first-order valence-electron chi connectivity index (χ1n) is 7.76. The zero-order valence-electron chi connectivity index (χ0n) is 12.6. The Hall–Kier alpha value is -2.31. The van der Waals surface area contributed by atoms with Crippen LogP contribution in [0, 0.1) is 11.3 Å². The SMILES string of the molecule is N#Cc1ccc(N2CCC(OCc3ccccc3)CC2)cc1. The van der Waals surface area contributed by atoms with Gasteiger partial charge in [0.2, 0.25) is 0 Å². The fourth-order valence-electron chi connectivity index (χ4n) is 2.82. The molecule has 0 amide bonds. The lowest BCUT2D eigenvalue weighted by molar-refractivity contribution is 0.0251. The largest absolute Gasteiger partial charge is 0.373 e. The second kappa shape index (κ2) is 7.11. The minimum Gasteiger partial charge on any atom is -0.373 e. The molecule has 1 aliphatic heterocycles. The van der Waals surface area contributed by atoms with E-state index in [2.05, 4.69) is 23.1 Å². The highest BCUT2D eigenvalue weighted by molar-refractivity contribution is 5.49. The van der Waals surface area contributed by atoms with Gasteiger partial charge in [-0.3, -0.25) is 0 Å². The topological polar surface area (TPSA) is 36.3 Å². The molecule has 0 atom stereocenters. The third-order valence-corrected chi connectivity index (χ3v) is 4.13. The van der Waals surface area contributed by atoms with Crippen LogP contribution < -0.4 is 4.90 Å². The van der Waals surface area contributed by atoms with Crippen LogP contribution in [-0.4, -0.2) is 19.2 Å². The number of hydrogen-bond acceptors (Lipinski definition) is 3. The van der Waals surface area contributed by atoms with Gasteiger partial charge < -0.3 is 9.64 Å². The van der Waals surface area contributed by atoms with E-state index in [1.54, 1.807) is 0 Å². The molecule has 0 aliphatic carbocycles. The molecule has 0 radical (unpaired) electrons. The molecule has 1 aliphatic rings. The molecule has 112 valence electrons. The minimum absolute atomic E-state index is 0.342. The van der Waals surface area contributed by atoms with Crippen molar-refractivity contribution in [3.8, 4) is 6.07 Å². The Balaban J connectivity index is 1.48. The lowest BCUT2D eigenvalue weighted by Crippen LogP contribution is -2.36. The second-order valence-electron chi connectivity index (χ2n) is 5.64. The number of hydrogen-bond donors (Lipinski definition) is 0. The third kappa shape index (κ3) is 3.66. The highest BCUT2D eigenvalue weighted by Gasteiger charge is 2.19. The molecule has 3 rings (SSSR count). The summed E-state index contributed by atoms with van der Waals surface area (Å²) in [5.74, 6) is 0. The molecule has 0 aromatic heterocycles. The predicted octanol–water partition coefficient (Wildman–Crippen LogP) is 3.74. The van der Waals surface area contributed by atoms with E-state index >= 15 is 0 Å². The predicted molar refractivity (Wildman–Crippen MR) is 87.6 cm³/mol. The molecule has 2 aromatic rings. The lowest BCUT2D eigenvalue weighted by atomic mass is 10.1. The van der Waals surface area contributed by atoms with Crippen molar-refractivity contribution in [2.45, 2.75) is 25.6 Å². The summed E-state index contributed by atoms with van der Waals surface area (Å²) in [4.78, 5) is 2.36. The van der Waals surface area contributed by atoms with Gasteiger partial charge in [0.15, 0.2) is 0 Å². The fourth-order valence-corrected chi connectivity index (χ4v) is 2.82. The molecule has 3 nitrogen and oxygen atoms in total. The van der Waals surface area contributed by atoms with Gasteiger partial charge in [0.05, 0.1) is 24.3 Å². The van der Waals surface area contributed by atoms with Crippen molar-refractivity contribution in [1.29, 1.82) is 5.26 Å². The van der Waals surface area contributed by atoms with Gasteiger partial charge in [-0.25, -0.2) is 0 Å². The Morgan fingerprint density at radius 2 is 1.68 bits per heavy atom. The monoisotopic (exact) mass is 292 g/mol. The standard InChI is InChI=1S/C19H20N2O/c20-14-16-6-8-18(9-7-16)21-12-10-19(11-13-21)22-15-17-4-2-1-3-5-17/h1-9,19H,10-13,15H2. The maximum Gasteiger partial charge on any atom is 0.0991 e. The van der Waals surface area contributed by atoms with E-state index in [9.17, 15) is 0 Å². The molecular formula is C19H20N2O. The molecule has 1 fully saturated rings. The average Bonchev–Trinajstić information content (AvgIpc) is 2.61. The van der Waals surface area contributed by atoms with Crippen molar-refractivity contribution < 1.29 is 4.74 Å². The Bertz CT molecular complexity index is 623. The molecule has 0 N–H and O–H groups in total. The molecule has 0 saturated carbocycles. The van der Waals surface area contributed by atoms with Crippen molar-refractivity contribution >= 4 is 5.69 Å². The molecule has 1 saturated heterocycles. The summed E-state index contributed by atoms with van der Waals surface area (Å²) in [6.45, 7) is 2.71. The molecule has 0 unspecified atom stereocenters. The number of anilines is 1. The van der Waals surface area contributed by atoms with E-state index < -0.39 is 0 Å². The zero-order valence-corrected chi connectivity index (χ0v) is 12.6. The van der Waals surface area contributed by atoms with Crippen molar-refractivity contribution in [2.75, 3.05) is 18.0 Å². The second-order valence-corrected chi connectivity index (χ2v) is 5.64. The summed E-state index contributed by atoms with van der Waals surface area (Å²) in [5.41, 5.74) is 3.14. The van der Waals surface area contributed by atoms with Gasteiger partial charge in [-0.1, -0.05) is 30.3 Å². The van der Waals surface area contributed by atoms with Gasteiger partial charge in [-0.2, -0.15) is 5.26 Å². The number of rotatable bonds is 4. The number of piperidine rings is 1. The van der Waals surface area contributed by atoms with Crippen LogP contribution in [0.2, 0.25) is 0 Å². The summed E-state index contributed by atoms with van der Waals surface area (Å²) in [6.07, 6.45) is 2.44. The van der Waals surface area contributed by atoms with Gasteiger partial charge >= 0.3 is 0 Å². The van der Waals surface area contributed by atoms with Crippen molar-refractivity contribution in [3.63, 3.8) is 0 Å². The fraction of sp³-hybridized carbons (Fsp3) is 0.316. The van der Waals surface area contributed by atoms with E-state index in [1.807, 2.05) is 42.5 Å². The van der Waals surface area contributed by atoms with Crippen LogP contribution in [0.25, 0.3) is 0 Å². The molecule has 3 heteroatoms. The maximum atomic E-state index is 8.85. The molecule has 22 heavy (non-hydrogen) atoms. The molecule has 1 heterocycles. The van der Waals surface area contributed by atoms with Gasteiger partial charge in [0.1, 0.15) is 0 Å². The molecule has 2 aromatic carbocycles. The van der Waals surface area contributed by atoms with Gasteiger partial charge in [-0.05, 0) is 42.7 Å².